The number of rotatable bonds is 4. The van der Waals surface area contributed by atoms with Crippen LogP contribution in [0.4, 0.5) is 0 Å². The molecule has 0 saturated carbocycles. The van der Waals surface area contributed by atoms with Crippen molar-refractivity contribution in [2.24, 2.45) is 0 Å². The van der Waals surface area contributed by atoms with Gasteiger partial charge in [-0.2, -0.15) is 0 Å². The Hall–Kier alpha value is -1.65. The maximum absolute atomic E-state index is 4.65. The Kier molecular flexibility index (Phi) is 4.67. The number of imidazole rings is 1. The zero-order chi connectivity index (χ0) is 16.4. The Labute approximate surface area is 145 Å². The van der Waals surface area contributed by atoms with Gasteiger partial charge in [-0.3, -0.25) is 9.80 Å². The molecule has 2 saturated heterocycles. The van der Waals surface area contributed by atoms with Crippen LogP contribution in [0.15, 0.2) is 36.7 Å². The number of aromatic nitrogens is 2. The van der Waals surface area contributed by atoms with Crippen molar-refractivity contribution in [2.75, 3.05) is 26.2 Å². The fourth-order valence-electron chi connectivity index (χ4n) is 4.24. The summed E-state index contributed by atoms with van der Waals surface area (Å²) in [5.41, 5.74) is 2.51. The van der Waals surface area contributed by atoms with E-state index in [1.807, 2.05) is 6.20 Å². The van der Waals surface area contributed by atoms with Crippen LogP contribution in [0.25, 0.3) is 5.69 Å². The minimum atomic E-state index is 0.753. The van der Waals surface area contributed by atoms with Crippen LogP contribution in [0.2, 0.25) is 0 Å². The summed E-state index contributed by atoms with van der Waals surface area (Å²) < 4.78 is 2.24. The van der Waals surface area contributed by atoms with E-state index < -0.39 is 0 Å². The summed E-state index contributed by atoms with van der Waals surface area (Å²) in [7, 11) is 0. The lowest BCUT2D eigenvalue weighted by molar-refractivity contribution is 0.108. The molecule has 2 aromatic rings. The average Bonchev–Trinajstić information content (AvgIpc) is 3.27. The van der Waals surface area contributed by atoms with E-state index in [2.05, 4.69) is 56.7 Å². The van der Waals surface area contributed by atoms with Gasteiger partial charge in [-0.25, -0.2) is 4.98 Å². The Morgan fingerprint density at radius 3 is 2.83 bits per heavy atom. The van der Waals surface area contributed by atoms with Crippen molar-refractivity contribution in [2.45, 2.75) is 45.2 Å². The van der Waals surface area contributed by atoms with Crippen molar-refractivity contribution in [1.82, 2.24) is 19.4 Å². The molecule has 2 aliphatic rings. The second-order valence-corrected chi connectivity index (χ2v) is 7.33. The standard InChI is InChI=1S/C20H28N4/c1-17-6-4-7-18(14-17)24-13-9-21-20(24)16-22-10-5-8-19(15-22)23-11-2-3-12-23/h4,6-7,9,13-14,19H,2-3,5,8,10-12,15-16H2,1H3. The van der Waals surface area contributed by atoms with Crippen LogP contribution >= 0.6 is 0 Å². The van der Waals surface area contributed by atoms with Crippen molar-refractivity contribution in [1.29, 1.82) is 0 Å². The lowest BCUT2D eigenvalue weighted by atomic mass is 10.0. The van der Waals surface area contributed by atoms with Gasteiger partial charge in [-0.1, -0.05) is 12.1 Å². The van der Waals surface area contributed by atoms with Crippen LogP contribution in [0, 0.1) is 6.92 Å². The summed E-state index contributed by atoms with van der Waals surface area (Å²) in [4.78, 5) is 9.95. The summed E-state index contributed by atoms with van der Waals surface area (Å²) in [6.45, 7) is 8.09. The molecule has 2 fully saturated rings. The molecule has 0 radical (unpaired) electrons. The van der Waals surface area contributed by atoms with Crippen molar-refractivity contribution in [3.8, 4) is 5.69 Å². The van der Waals surface area contributed by atoms with Crippen molar-refractivity contribution < 1.29 is 0 Å². The second kappa shape index (κ2) is 7.08. The highest BCUT2D eigenvalue weighted by Crippen LogP contribution is 2.22. The quantitative estimate of drug-likeness (QED) is 0.863. The lowest BCUT2D eigenvalue weighted by Gasteiger charge is -2.37. The Morgan fingerprint density at radius 1 is 1.12 bits per heavy atom. The number of hydrogen-bond donors (Lipinski definition) is 0. The monoisotopic (exact) mass is 324 g/mol. The minimum Gasteiger partial charge on any atom is -0.303 e. The van der Waals surface area contributed by atoms with Gasteiger partial charge in [0.2, 0.25) is 0 Å². The number of aryl methyl sites for hydroxylation is 1. The van der Waals surface area contributed by atoms with Gasteiger partial charge in [-0.05, 0) is 69.9 Å². The third kappa shape index (κ3) is 3.40. The van der Waals surface area contributed by atoms with Crippen LogP contribution in [0.5, 0.6) is 0 Å². The van der Waals surface area contributed by atoms with Gasteiger partial charge in [0.05, 0.1) is 6.54 Å². The first-order chi connectivity index (χ1) is 11.8. The molecule has 4 rings (SSSR count). The molecular formula is C20H28N4. The molecule has 1 aromatic carbocycles. The predicted molar refractivity (Wildman–Crippen MR) is 97.4 cm³/mol. The van der Waals surface area contributed by atoms with Gasteiger partial charge in [-0.15, -0.1) is 0 Å². The zero-order valence-electron chi connectivity index (χ0n) is 14.7. The fourth-order valence-corrected chi connectivity index (χ4v) is 4.24. The predicted octanol–water partition coefficient (Wildman–Crippen LogP) is 3.24. The molecule has 24 heavy (non-hydrogen) atoms. The molecule has 0 amide bonds. The Bertz CT molecular complexity index is 672. The molecule has 1 aromatic heterocycles. The molecule has 0 spiro atoms. The average molecular weight is 324 g/mol. The van der Waals surface area contributed by atoms with Crippen molar-refractivity contribution in [3.63, 3.8) is 0 Å². The van der Waals surface area contributed by atoms with Crippen LogP contribution in [-0.4, -0.2) is 51.6 Å². The third-order valence-electron chi connectivity index (χ3n) is 5.50. The van der Waals surface area contributed by atoms with E-state index in [-0.39, 0.29) is 0 Å². The molecular weight excluding hydrogens is 296 g/mol. The molecule has 4 nitrogen and oxygen atoms in total. The van der Waals surface area contributed by atoms with E-state index in [0.717, 1.165) is 18.4 Å². The van der Waals surface area contributed by atoms with E-state index in [1.54, 1.807) is 0 Å². The van der Waals surface area contributed by atoms with Crippen LogP contribution in [0.3, 0.4) is 0 Å². The van der Waals surface area contributed by atoms with Crippen LogP contribution < -0.4 is 0 Å². The van der Waals surface area contributed by atoms with Gasteiger partial charge in [0, 0.05) is 30.7 Å². The van der Waals surface area contributed by atoms with Crippen molar-refractivity contribution >= 4 is 0 Å². The van der Waals surface area contributed by atoms with Gasteiger partial charge in [0.15, 0.2) is 0 Å². The largest absolute Gasteiger partial charge is 0.303 e. The number of nitrogens with zero attached hydrogens (tertiary/aromatic N) is 4. The fraction of sp³-hybridized carbons (Fsp3) is 0.550. The number of likely N-dealkylation sites (tertiary alicyclic amines) is 2. The lowest BCUT2D eigenvalue weighted by Crippen LogP contribution is -2.46. The van der Waals surface area contributed by atoms with Crippen LogP contribution in [-0.2, 0) is 6.54 Å². The topological polar surface area (TPSA) is 24.3 Å². The van der Waals surface area contributed by atoms with Gasteiger partial charge >= 0.3 is 0 Å². The molecule has 0 N–H and O–H groups in total. The highest BCUT2D eigenvalue weighted by molar-refractivity contribution is 5.36. The summed E-state index contributed by atoms with van der Waals surface area (Å²) in [6.07, 6.45) is 9.46. The SMILES string of the molecule is Cc1cccc(-n2ccnc2CN2CCCC(N3CCCC3)C2)c1. The summed E-state index contributed by atoms with van der Waals surface area (Å²) in [6, 6.07) is 9.42. The number of benzene rings is 1. The molecule has 0 aliphatic carbocycles. The van der Waals surface area contributed by atoms with E-state index in [4.69, 9.17) is 0 Å². The number of hydrogen-bond acceptors (Lipinski definition) is 3. The number of piperidine rings is 1. The first-order valence-electron chi connectivity index (χ1n) is 9.35. The zero-order valence-corrected chi connectivity index (χ0v) is 14.7. The second-order valence-electron chi connectivity index (χ2n) is 7.33. The van der Waals surface area contributed by atoms with E-state index in [1.165, 1.54) is 63.1 Å². The van der Waals surface area contributed by atoms with Gasteiger partial charge in [0.1, 0.15) is 5.82 Å². The Morgan fingerprint density at radius 2 is 2.00 bits per heavy atom. The molecule has 4 heteroatoms. The van der Waals surface area contributed by atoms with Crippen LogP contribution in [0.1, 0.15) is 37.1 Å². The smallest absolute Gasteiger partial charge is 0.127 e. The highest BCUT2D eigenvalue weighted by atomic mass is 15.3. The van der Waals surface area contributed by atoms with E-state index in [9.17, 15) is 0 Å². The first kappa shape index (κ1) is 15.9. The normalized spacial score (nSPS) is 23.0. The molecule has 2 aliphatic heterocycles. The van der Waals surface area contributed by atoms with E-state index in [0.29, 0.717) is 0 Å². The van der Waals surface area contributed by atoms with Gasteiger partial charge < -0.3 is 4.57 Å². The molecule has 3 heterocycles. The maximum Gasteiger partial charge on any atom is 0.127 e. The minimum absolute atomic E-state index is 0.753. The highest BCUT2D eigenvalue weighted by Gasteiger charge is 2.27. The Balaban J connectivity index is 1.46. The summed E-state index contributed by atoms with van der Waals surface area (Å²) in [5, 5.41) is 0. The molecule has 128 valence electrons. The van der Waals surface area contributed by atoms with Crippen molar-refractivity contribution in [3.05, 3.63) is 48.0 Å². The summed E-state index contributed by atoms with van der Waals surface area (Å²) in [5.74, 6) is 1.16. The molecule has 1 unspecified atom stereocenters. The molecule has 0 bridgehead atoms. The summed E-state index contributed by atoms with van der Waals surface area (Å²) >= 11 is 0. The molecule has 1 atom stereocenters. The third-order valence-corrected chi connectivity index (χ3v) is 5.50. The first-order valence-corrected chi connectivity index (χ1v) is 9.35. The van der Waals surface area contributed by atoms with E-state index >= 15 is 0 Å². The maximum atomic E-state index is 4.65. The van der Waals surface area contributed by atoms with Gasteiger partial charge in [0.25, 0.3) is 0 Å².